The van der Waals surface area contributed by atoms with Crippen LogP contribution in [0, 0.1) is 6.92 Å². The number of anilines is 9. The van der Waals surface area contributed by atoms with Crippen molar-refractivity contribution in [1.29, 1.82) is 0 Å². The molecule has 0 saturated carbocycles. The number of rotatable bonds is 13. The molecule has 0 N–H and O–H groups in total. The highest BCUT2D eigenvalue weighted by Crippen LogP contribution is 2.56. The van der Waals surface area contributed by atoms with Gasteiger partial charge < -0.3 is 28.0 Å². The van der Waals surface area contributed by atoms with E-state index in [0.717, 1.165) is 155 Å². The Bertz CT molecular complexity index is 8920. The van der Waals surface area contributed by atoms with Crippen molar-refractivity contribution < 1.29 is 13.3 Å². The Morgan fingerprint density at radius 2 is 0.408 bits per heavy atom. The Hall–Kier alpha value is -17.9. The fourth-order valence-corrected chi connectivity index (χ4v) is 22.1. The first-order valence-electron chi connectivity index (χ1n) is 46.8. The third-order valence-electron chi connectivity index (χ3n) is 25.9. The van der Waals surface area contributed by atoms with E-state index in [0.29, 0.717) is 52.4 Å². The molecule has 19 aromatic carbocycles. The molecule has 0 fully saturated rings. The van der Waals surface area contributed by atoms with Gasteiger partial charge in [0, 0.05) is 134 Å². The van der Waals surface area contributed by atoms with Crippen molar-refractivity contribution in [3.8, 4) is 114 Å². The molecule has 9 heterocycles. The van der Waals surface area contributed by atoms with Gasteiger partial charge in [0.15, 0.2) is 52.4 Å². The summed E-state index contributed by atoms with van der Waals surface area (Å²) in [6, 6.07) is 157. The van der Waals surface area contributed by atoms with Crippen LogP contribution in [0.4, 0.5) is 51.2 Å². The zero-order valence-electron chi connectivity index (χ0n) is 76.1. The van der Waals surface area contributed by atoms with Crippen LogP contribution in [0.5, 0.6) is 0 Å². The second kappa shape index (κ2) is 36.2. The van der Waals surface area contributed by atoms with Crippen LogP contribution in [0.1, 0.15) is 5.56 Å². The summed E-state index contributed by atoms with van der Waals surface area (Å²) in [6.45, 7) is 2.08. The summed E-state index contributed by atoms with van der Waals surface area (Å²) < 4.78 is 18.6. The molecule has 15 nitrogen and oxygen atoms in total. The molecule has 0 unspecified atom stereocenters. The predicted molar refractivity (Wildman–Crippen MR) is 577 cm³/mol. The van der Waals surface area contributed by atoms with Crippen molar-refractivity contribution in [2.45, 2.75) is 36.3 Å². The minimum atomic E-state index is 0.587. The normalized spacial score (nSPS) is 12.3. The molecule has 0 bridgehead atoms. The second-order valence-electron chi connectivity index (χ2n) is 34.8. The fourth-order valence-electron chi connectivity index (χ4n) is 18.9. The molecule has 670 valence electrons. The van der Waals surface area contributed by atoms with Gasteiger partial charge in [0.2, 0.25) is 0 Å². The van der Waals surface area contributed by atoms with Gasteiger partial charge in [0.05, 0.1) is 34.1 Å². The van der Waals surface area contributed by atoms with E-state index in [1.54, 1.807) is 11.8 Å². The van der Waals surface area contributed by atoms with E-state index in [1.807, 2.05) is 163 Å². The molecule has 0 atom stereocenters. The van der Waals surface area contributed by atoms with Gasteiger partial charge >= 0.3 is 0 Å². The standard InChI is InChI=1S/C45H26N4O2S.C45H28N4OS.C34H24N4S/c1-5-13-37-31(9-1)33-25-28(19-23-39(33)50-37)44-46-43(47-45(48-44)29-20-24-40-34(26-29)32-10-2-6-14-38(32)51-40)27-17-21-30(22-18-27)49-35-11-3-7-15-41(35)52-42-16-8-4-12-36(42)49;1-2-11-30(12-3-1)43-46-44(31-23-21-29(22-24-31)34-14-10-15-36-35-13-4-7-18-39(35)50-42(34)36)48-45(47-43)32-25-27-33(28-26-32)49-37-16-5-8-19-40(37)51-41-20-9-6-17-38(41)49;1-23-15-17-25(18-16-23)33-35-32(24-9-3-2-4-10-24)36-34(37-33)26-19-21-27(22-20-26)38-28-11-5-7-13-30(28)39-31-14-8-6-12-29(31)38/h1-26H;1-28H;2-22H,1H3. The number of hydrogen-bond donors (Lipinski definition) is 0. The summed E-state index contributed by atoms with van der Waals surface area (Å²) in [5.74, 6) is 5.62. The quantitative estimate of drug-likeness (QED) is 0.107. The van der Waals surface area contributed by atoms with Gasteiger partial charge in [0.25, 0.3) is 0 Å². The van der Waals surface area contributed by atoms with Crippen LogP contribution in [-0.4, -0.2) is 44.9 Å². The lowest BCUT2D eigenvalue weighted by atomic mass is 10.0. The lowest BCUT2D eigenvalue weighted by Gasteiger charge is -2.32. The number of para-hydroxylation sites is 10. The molecule has 6 aromatic heterocycles. The molecule has 3 aliphatic heterocycles. The molecular weight excluding hydrogens is 1800 g/mol. The Labute approximate surface area is 829 Å². The molecule has 3 aliphatic rings. The number of furan rings is 3. The fraction of sp³-hybridized carbons (Fsp3) is 0.00806. The molecule has 0 radical (unpaired) electrons. The van der Waals surface area contributed by atoms with Crippen LogP contribution >= 0.6 is 35.3 Å². The van der Waals surface area contributed by atoms with E-state index in [4.69, 9.17) is 58.1 Å². The van der Waals surface area contributed by atoms with Gasteiger partial charge in [-0.1, -0.05) is 296 Å². The van der Waals surface area contributed by atoms with Gasteiger partial charge in [-0.2, -0.15) is 0 Å². The zero-order valence-corrected chi connectivity index (χ0v) is 78.6. The molecule has 0 spiro atoms. The van der Waals surface area contributed by atoms with Crippen molar-refractivity contribution in [1.82, 2.24) is 44.9 Å². The van der Waals surface area contributed by atoms with Crippen molar-refractivity contribution in [2.75, 3.05) is 14.7 Å². The molecular formula is C124H78N12O3S3. The van der Waals surface area contributed by atoms with Crippen molar-refractivity contribution >= 4 is 152 Å². The average molecular weight is 1880 g/mol. The van der Waals surface area contributed by atoms with E-state index in [-0.39, 0.29) is 0 Å². The molecule has 0 aliphatic carbocycles. The highest BCUT2D eigenvalue weighted by Gasteiger charge is 2.30. The SMILES string of the molecule is Cc1ccc(-c2nc(-c3ccccc3)nc(-c3ccc(N4c5ccccc5Sc5ccccc54)cc3)n2)cc1.c1ccc(-c2nc(-c3ccc(-c4cccc5c4oc4ccccc45)cc3)nc(-c3ccc(N4c5ccccc5Sc5ccccc54)cc3)n2)cc1.c1ccc2c(c1)Sc1ccccc1N2c1ccc(-c2nc(-c3ccc4oc5ccccc5c4c3)nc(-c3ccc4oc5ccccc5c4c3)n2)cc1. The van der Waals surface area contributed by atoms with Gasteiger partial charge in [-0.15, -0.1) is 0 Å². The molecule has 142 heavy (non-hydrogen) atoms. The third-order valence-corrected chi connectivity index (χ3v) is 29.2. The van der Waals surface area contributed by atoms with Gasteiger partial charge in [-0.05, 0) is 213 Å². The minimum Gasteiger partial charge on any atom is -0.456 e. The molecule has 25 aromatic rings. The monoisotopic (exact) mass is 1880 g/mol. The third kappa shape index (κ3) is 15.9. The lowest BCUT2D eigenvalue weighted by molar-refractivity contribution is 0.668. The maximum atomic E-state index is 6.33. The van der Waals surface area contributed by atoms with Crippen LogP contribution in [0.25, 0.3) is 179 Å². The largest absolute Gasteiger partial charge is 0.456 e. The summed E-state index contributed by atoms with van der Waals surface area (Å²) in [6.07, 6.45) is 0. The Balaban J connectivity index is 0.000000110. The van der Waals surface area contributed by atoms with Crippen molar-refractivity contribution in [3.63, 3.8) is 0 Å². The summed E-state index contributed by atoms with van der Waals surface area (Å²) in [5, 5.41) is 6.39. The van der Waals surface area contributed by atoms with Crippen molar-refractivity contribution in [2.24, 2.45) is 0 Å². The number of fused-ring (bicyclic) bond motifs is 15. The van der Waals surface area contributed by atoms with E-state index in [1.165, 1.54) is 57.7 Å². The zero-order chi connectivity index (χ0) is 94.1. The first kappa shape index (κ1) is 84.6. The van der Waals surface area contributed by atoms with E-state index in [9.17, 15) is 0 Å². The van der Waals surface area contributed by atoms with E-state index < -0.39 is 0 Å². The topological polar surface area (TPSA) is 165 Å². The first-order chi connectivity index (χ1) is 70.2. The number of hydrogen-bond acceptors (Lipinski definition) is 18. The van der Waals surface area contributed by atoms with Gasteiger partial charge in [-0.3, -0.25) is 0 Å². The average Bonchev–Trinajstić information content (AvgIpc) is 1.15. The highest BCUT2D eigenvalue weighted by atomic mass is 32.2. The number of benzene rings is 19. The van der Waals surface area contributed by atoms with Crippen molar-refractivity contribution in [3.05, 3.63) is 461 Å². The summed E-state index contributed by atoms with van der Waals surface area (Å²) in [5.41, 5.74) is 27.0. The van der Waals surface area contributed by atoms with Crippen LogP contribution in [-0.2, 0) is 0 Å². The number of aryl methyl sites for hydroxylation is 1. The second-order valence-corrected chi connectivity index (χ2v) is 38.0. The van der Waals surface area contributed by atoms with E-state index >= 15 is 0 Å². The summed E-state index contributed by atoms with van der Waals surface area (Å²) in [7, 11) is 0. The predicted octanol–water partition coefficient (Wildman–Crippen LogP) is 34.1. The lowest BCUT2D eigenvalue weighted by Crippen LogP contribution is -2.14. The maximum absolute atomic E-state index is 6.33. The number of nitrogens with zero attached hydrogens (tertiary/aromatic N) is 12. The van der Waals surface area contributed by atoms with Crippen LogP contribution in [0.3, 0.4) is 0 Å². The Kier molecular flexibility index (Phi) is 21.6. The molecule has 18 heteroatoms. The first-order valence-corrected chi connectivity index (χ1v) is 49.3. The molecule has 0 amide bonds. The van der Waals surface area contributed by atoms with Crippen LogP contribution < -0.4 is 14.7 Å². The summed E-state index contributed by atoms with van der Waals surface area (Å²) >= 11 is 5.42. The smallest absolute Gasteiger partial charge is 0.164 e. The van der Waals surface area contributed by atoms with Crippen LogP contribution in [0.15, 0.2) is 498 Å². The number of aromatic nitrogens is 9. The minimum absolute atomic E-state index is 0.587. The van der Waals surface area contributed by atoms with Crippen LogP contribution in [0.2, 0.25) is 0 Å². The molecule has 0 saturated heterocycles. The van der Waals surface area contributed by atoms with Gasteiger partial charge in [0.1, 0.15) is 33.5 Å². The molecule has 28 rings (SSSR count). The maximum Gasteiger partial charge on any atom is 0.164 e. The Morgan fingerprint density at radius 1 is 0.176 bits per heavy atom. The summed E-state index contributed by atoms with van der Waals surface area (Å²) in [4.78, 5) is 59.3. The van der Waals surface area contributed by atoms with E-state index in [2.05, 4.69) is 337 Å². The Morgan fingerprint density at radius 3 is 0.739 bits per heavy atom. The highest BCUT2D eigenvalue weighted by molar-refractivity contribution is 8.00. The van der Waals surface area contributed by atoms with Gasteiger partial charge in [-0.25, -0.2) is 44.9 Å².